The molecule has 3 aromatic rings. The van der Waals surface area contributed by atoms with Crippen LogP contribution in [0.3, 0.4) is 0 Å². The molecule has 0 radical (unpaired) electrons. The zero-order chi connectivity index (χ0) is 21.5. The fraction of sp³-hybridized carbons (Fsp3) is 0.190. The van der Waals surface area contributed by atoms with E-state index in [9.17, 15) is 9.18 Å². The molecule has 2 heterocycles. The molecule has 1 amide bonds. The number of benzene rings is 1. The maximum atomic E-state index is 13.0. The number of hydrogen-bond donors (Lipinski definition) is 2. The number of nitrogens with zero attached hydrogens (tertiary/aromatic N) is 5. The Morgan fingerprint density at radius 3 is 2.73 bits per heavy atom. The van der Waals surface area contributed by atoms with Gasteiger partial charge in [0.05, 0.1) is 42.1 Å². The third-order valence-electron chi connectivity index (χ3n) is 4.22. The van der Waals surface area contributed by atoms with Gasteiger partial charge in [-0.25, -0.2) is 4.39 Å². The van der Waals surface area contributed by atoms with Gasteiger partial charge in [0, 0.05) is 24.0 Å². The van der Waals surface area contributed by atoms with Crippen LogP contribution in [0.25, 0.3) is 11.3 Å². The molecule has 0 saturated heterocycles. The van der Waals surface area contributed by atoms with E-state index in [0.29, 0.717) is 29.1 Å². The minimum atomic E-state index is -0.427. The Hall–Kier alpha value is -3.88. The van der Waals surface area contributed by atoms with E-state index in [1.807, 2.05) is 19.9 Å². The summed E-state index contributed by atoms with van der Waals surface area (Å²) in [7, 11) is 0. The molecule has 0 fully saturated rings. The molecule has 3 rings (SSSR count). The van der Waals surface area contributed by atoms with Gasteiger partial charge in [0.15, 0.2) is 0 Å². The van der Waals surface area contributed by atoms with Gasteiger partial charge in [-0.05, 0) is 38.1 Å². The normalized spacial score (nSPS) is 12.8. The predicted octanol–water partition coefficient (Wildman–Crippen LogP) is 2.30. The van der Waals surface area contributed by atoms with Crippen LogP contribution >= 0.6 is 0 Å². The standard InChI is InChI=1S/C21H22FN7O/c1-14-3-6-20(29-26-7-8-27-29)18(9-14)21(30)28-15(2)11-24-12-16(10-23)19-5-4-17(22)13-25-19/h3-10,12-13,15H,11,23H2,1-2H3,(H,28,30)/t15-/m0/s1. The van der Waals surface area contributed by atoms with Gasteiger partial charge >= 0.3 is 0 Å². The molecule has 9 heteroatoms. The summed E-state index contributed by atoms with van der Waals surface area (Å²) in [6, 6.07) is 8.07. The second-order valence-electron chi connectivity index (χ2n) is 6.69. The van der Waals surface area contributed by atoms with Crippen molar-refractivity contribution in [3.63, 3.8) is 0 Å². The Kier molecular flexibility index (Phi) is 6.63. The van der Waals surface area contributed by atoms with Crippen LogP contribution in [0.15, 0.2) is 60.1 Å². The van der Waals surface area contributed by atoms with Crippen molar-refractivity contribution in [2.24, 2.45) is 10.7 Å². The molecule has 8 nitrogen and oxygen atoms in total. The highest BCUT2D eigenvalue weighted by molar-refractivity contribution is 6.08. The molecule has 0 aliphatic rings. The van der Waals surface area contributed by atoms with Crippen LogP contribution in [-0.2, 0) is 0 Å². The minimum absolute atomic E-state index is 0.243. The SMILES string of the molecule is Cc1ccc(-n2nccn2)c(C(=O)N[C@@H](C)CN=CC(=CN)c2ccc(F)cn2)c1. The van der Waals surface area contributed by atoms with E-state index in [1.165, 1.54) is 23.1 Å². The number of nitrogens with two attached hydrogens (primary N) is 1. The topological polar surface area (TPSA) is 111 Å². The van der Waals surface area contributed by atoms with Crippen molar-refractivity contribution in [3.05, 3.63) is 77.8 Å². The van der Waals surface area contributed by atoms with Crippen LogP contribution in [0.4, 0.5) is 4.39 Å². The number of halogens is 1. The average molecular weight is 407 g/mol. The zero-order valence-corrected chi connectivity index (χ0v) is 16.7. The van der Waals surface area contributed by atoms with Crippen molar-refractivity contribution in [3.8, 4) is 5.69 Å². The summed E-state index contributed by atoms with van der Waals surface area (Å²) in [5.74, 6) is -0.673. The number of pyridine rings is 1. The lowest BCUT2D eigenvalue weighted by molar-refractivity contribution is 0.0941. The van der Waals surface area contributed by atoms with Crippen LogP contribution in [-0.4, -0.2) is 44.7 Å². The summed E-state index contributed by atoms with van der Waals surface area (Å²) in [5, 5.41) is 11.1. The summed E-state index contributed by atoms with van der Waals surface area (Å²) >= 11 is 0. The van der Waals surface area contributed by atoms with Gasteiger partial charge in [0.2, 0.25) is 0 Å². The number of allylic oxidation sites excluding steroid dienone is 1. The predicted molar refractivity (Wildman–Crippen MR) is 113 cm³/mol. The Labute approximate surface area is 173 Å². The highest BCUT2D eigenvalue weighted by Crippen LogP contribution is 2.15. The van der Waals surface area contributed by atoms with Gasteiger partial charge in [-0.15, -0.1) is 0 Å². The number of aryl methyl sites for hydroxylation is 1. The Morgan fingerprint density at radius 1 is 1.30 bits per heavy atom. The lowest BCUT2D eigenvalue weighted by atomic mass is 10.1. The number of amides is 1. The monoisotopic (exact) mass is 407 g/mol. The van der Waals surface area contributed by atoms with Gasteiger partial charge in [-0.3, -0.25) is 14.8 Å². The second kappa shape index (κ2) is 9.55. The molecule has 0 bridgehead atoms. The first-order chi connectivity index (χ1) is 14.5. The first kappa shape index (κ1) is 20.8. The molecule has 30 heavy (non-hydrogen) atoms. The van der Waals surface area contributed by atoms with Crippen molar-refractivity contribution in [2.75, 3.05) is 6.54 Å². The second-order valence-corrected chi connectivity index (χ2v) is 6.69. The van der Waals surface area contributed by atoms with E-state index in [-0.39, 0.29) is 11.9 Å². The summed E-state index contributed by atoms with van der Waals surface area (Å²) in [6.07, 6.45) is 7.12. The third kappa shape index (κ3) is 5.13. The highest BCUT2D eigenvalue weighted by Gasteiger charge is 2.16. The molecule has 3 N–H and O–H groups in total. The Bertz CT molecular complexity index is 1060. The summed E-state index contributed by atoms with van der Waals surface area (Å²) < 4.78 is 13.0. The Morgan fingerprint density at radius 2 is 2.07 bits per heavy atom. The van der Waals surface area contributed by atoms with E-state index in [1.54, 1.807) is 30.7 Å². The van der Waals surface area contributed by atoms with Crippen molar-refractivity contribution >= 4 is 17.7 Å². The van der Waals surface area contributed by atoms with Crippen LogP contribution in [0, 0.1) is 12.7 Å². The highest BCUT2D eigenvalue weighted by atomic mass is 19.1. The Balaban J connectivity index is 1.66. The summed E-state index contributed by atoms with van der Waals surface area (Å²) in [6.45, 7) is 4.08. The number of aliphatic imine (C=N–C) groups is 1. The third-order valence-corrected chi connectivity index (χ3v) is 4.22. The maximum Gasteiger partial charge on any atom is 0.253 e. The molecule has 0 spiro atoms. The van der Waals surface area contributed by atoms with Crippen LogP contribution in [0.5, 0.6) is 0 Å². The number of hydrogen-bond acceptors (Lipinski definition) is 6. The quantitative estimate of drug-likeness (QED) is 0.584. The average Bonchev–Trinajstić information content (AvgIpc) is 3.26. The molecule has 154 valence electrons. The molecular formula is C21H22FN7O. The number of rotatable bonds is 7. The first-order valence-electron chi connectivity index (χ1n) is 9.30. The van der Waals surface area contributed by atoms with E-state index >= 15 is 0 Å². The number of aromatic nitrogens is 4. The molecule has 1 atom stereocenters. The maximum absolute atomic E-state index is 13.0. The van der Waals surface area contributed by atoms with Crippen LogP contribution in [0.1, 0.15) is 28.5 Å². The van der Waals surface area contributed by atoms with Crippen molar-refractivity contribution in [1.29, 1.82) is 0 Å². The van der Waals surface area contributed by atoms with Gasteiger partial charge in [0.1, 0.15) is 5.82 Å². The van der Waals surface area contributed by atoms with Crippen molar-refractivity contribution in [1.82, 2.24) is 25.3 Å². The largest absolute Gasteiger partial charge is 0.404 e. The number of carbonyl (C=O) groups is 1. The van der Waals surface area contributed by atoms with E-state index < -0.39 is 5.82 Å². The van der Waals surface area contributed by atoms with E-state index in [2.05, 4.69) is 25.5 Å². The van der Waals surface area contributed by atoms with Crippen molar-refractivity contribution < 1.29 is 9.18 Å². The van der Waals surface area contributed by atoms with E-state index in [4.69, 9.17) is 5.73 Å². The zero-order valence-electron chi connectivity index (χ0n) is 16.7. The number of carbonyl (C=O) groups excluding carboxylic acids is 1. The molecule has 0 aliphatic carbocycles. The van der Waals surface area contributed by atoms with Gasteiger partial charge in [0.25, 0.3) is 5.91 Å². The summed E-state index contributed by atoms with van der Waals surface area (Å²) in [5.41, 5.74) is 8.70. The minimum Gasteiger partial charge on any atom is -0.404 e. The van der Waals surface area contributed by atoms with Crippen LogP contribution in [0.2, 0.25) is 0 Å². The smallest absolute Gasteiger partial charge is 0.253 e. The lowest BCUT2D eigenvalue weighted by Crippen LogP contribution is -2.35. The molecule has 1 aromatic carbocycles. The fourth-order valence-corrected chi connectivity index (χ4v) is 2.74. The lowest BCUT2D eigenvalue weighted by Gasteiger charge is -2.14. The summed E-state index contributed by atoms with van der Waals surface area (Å²) in [4.78, 5) is 22.5. The van der Waals surface area contributed by atoms with Crippen molar-refractivity contribution in [2.45, 2.75) is 19.9 Å². The molecule has 0 saturated carbocycles. The van der Waals surface area contributed by atoms with E-state index in [0.717, 1.165) is 11.8 Å². The van der Waals surface area contributed by atoms with Gasteiger partial charge < -0.3 is 11.1 Å². The van der Waals surface area contributed by atoms with Crippen LogP contribution < -0.4 is 11.1 Å². The molecule has 0 unspecified atom stereocenters. The van der Waals surface area contributed by atoms with Gasteiger partial charge in [-0.2, -0.15) is 15.0 Å². The molecule has 0 aliphatic heterocycles. The fourth-order valence-electron chi connectivity index (χ4n) is 2.74. The van der Waals surface area contributed by atoms with Gasteiger partial charge in [-0.1, -0.05) is 11.6 Å². The number of nitrogens with one attached hydrogen (secondary N) is 1. The molecule has 2 aromatic heterocycles. The molecular weight excluding hydrogens is 385 g/mol. The first-order valence-corrected chi connectivity index (χ1v) is 9.30.